The van der Waals surface area contributed by atoms with Crippen molar-refractivity contribution in [2.24, 2.45) is 0 Å². The Hall–Kier alpha value is -3.84. The van der Waals surface area contributed by atoms with Gasteiger partial charge in [0.05, 0.1) is 0 Å². The predicted octanol–water partition coefficient (Wildman–Crippen LogP) is 6.04. The highest BCUT2D eigenvalue weighted by atomic mass is 16.5. The summed E-state index contributed by atoms with van der Waals surface area (Å²) in [5.74, 6) is 0.304. The second kappa shape index (κ2) is 9.77. The van der Waals surface area contributed by atoms with Gasteiger partial charge in [-0.1, -0.05) is 42.0 Å². The number of hydrogen-bond acceptors (Lipinski definition) is 3. The first kappa shape index (κ1) is 21.9. The fourth-order valence-electron chi connectivity index (χ4n) is 3.49. The van der Waals surface area contributed by atoms with Gasteiger partial charge >= 0.3 is 0 Å². The highest BCUT2D eigenvalue weighted by Crippen LogP contribution is 2.21. The highest BCUT2D eigenvalue weighted by molar-refractivity contribution is 6.09. The lowest BCUT2D eigenvalue weighted by Gasteiger charge is -2.13. The predicted molar refractivity (Wildman–Crippen MR) is 125 cm³/mol. The molecular formula is C27H26N2O2. The molecule has 4 heteroatoms. The number of aryl methyl sites for hydroxylation is 4. The normalized spacial score (nSPS) is 11.0. The number of amides is 1. The van der Waals surface area contributed by atoms with Crippen molar-refractivity contribution in [2.45, 2.75) is 34.3 Å². The highest BCUT2D eigenvalue weighted by Gasteiger charge is 2.10. The quantitative estimate of drug-likeness (QED) is 0.398. The monoisotopic (exact) mass is 410 g/mol. The molecule has 0 aliphatic carbocycles. The van der Waals surface area contributed by atoms with Crippen molar-refractivity contribution in [2.75, 3.05) is 5.32 Å². The van der Waals surface area contributed by atoms with Crippen molar-refractivity contribution < 1.29 is 9.53 Å². The summed E-state index contributed by atoms with van der Waals surface area (Å²) in [6.07, 6.45) is 1.57. The second-order valence-corrected chi connectivity index (χ2v) is 7.73. The minimum absolute atomic E-state index is 0.0427. The molecule has 0 radical (unpaired) electrons. The van der Waals surface area contributed by atoms with Crippen LogP contribution in [0.4, 0.5) is 5.69 Å². The van der Waals surface area contributed by atoms with Gasteiger partial charge in [0.2, 0.25) is 0 Å². The maximum absolute atomic E-state index is 12.4. The van der Waals surface area contributed by atoms with Crippen LogP contribution < -0.4 is 10.1 Å². The van der Waals surface area contributed by atoms with Crippen LogP contribution in [0.3, 0.4) is 0 Å². The van der Waals surface area contributed by atoms with Gasteiger partial charge in [0.25, 0.3) is 5.91 Å². The molecule has 0 heterocycles. The van der Waals surface area contributed by atoms with Gasteiger partial charge in [-0.2, -0.15) is 5.26 Å². The zero-order valence-electron chi connectivity index (χ0n) is 18.3. The Morgan fingerprint density at radius 2 is 1.65 bits per heavy atom. The Kier molecular flexibility index (Phi) is 6.89. The van der Waals surface area contributed by atoms with E-state index in [2.05, 4.69) is 38.2 Å². The molecule has 0 fully saturated rings. The zero-order chi connectivity index (χ0) is 22.4. The Labute approximate surface area is 183 Å². The third kappa shape index (κ3) is 5.83. The molecule has 0 aliphatic rings. The van der Waals surface area contributed by atoms with Crippen molar-refractivity contribution in [3.05, 3.63) is 99.6 Å². The molecule has 1 N–H and O–H groups in total. The molecule has 0 atom stereocenters. The summed E-state index contributed by atoms with van der Waals surface area (Å²) in [6.45, 7) is 8.72. The molecular weight excluding hydrogens is 384 g/mol. The lowest BCUT2D eigenvalue weighted by molar-refractivity contribution is -0.112. The fourth-order valence-corrected chi connectivity index (χ4v) is 3.49. The van der Waals surface area contributed by atoms with Crippen LogP contribution in [-0.4, -0.2) is 5.91 Å². The molecule has 3 aromatic carbocycles. The number of rotatable bonds is 6. The van der Waals surface area contributed by atoms with Crippen LogP contribution in [0.1, 0.15) is 33.4 Å². The summed E-state index contributed by atoms with van der Waals surface area (Å²) >= 11 is 0. The van der Waals surface area contributed by atoms with Crippen LogP contribution in [0.2, 0.25) is 0 Å². The minimum atomic E-state index is -0.432. The van der Waals surface area contributed by atoms with Gasteiger partial charge in [0.1, 0.15) is 24.0 Å². The maximum Gasteiger partial charge on any atom is 0.266 e. The Bertz CT molecular complexity index is 1150. The number of carbonyl (C=O) groups is 1. The van der Waals surface area contributed by atoms with E-state index in [0.717, 1.165) is 16.9 Å². The Morgan fingerprint density at radius 3 is 2.26 bits per heavy atom. The van der Waals surface area contributed by atoms with Crippen LogP contribution in [0.15, 0.2) is 66.2 Å². The van der Waals surface area contributed by atoms with E-state index in [1.165, 1.54) is 22.3 Å². The molecule has 0 unspecified atom stereocenters. The van der Waals surface area contributed by atoms with Gasteiger partial charge in [-0.3, -0.25) is 4.79 Å². The summed E-state index contributed by atoms with van der Waals surface area (Å²) in [6, 6.07) is 21.1. The number of hydrogen-bond donors (Lipinski definition) is 1. The van der Waals surface area contributed by atoms with Crippen molar-refractivity contribution in [3.63, 3.8) is 0 Å². The zero-order valence-corrected chi connectivity index (χ0v) is 18.3. The summed E-state index contributed by atoms with van der Waals surface area (Å²) in [5.41, 5.74) is 7.37. The molecule has 1 amide bonds. The number of benzene rings is 3. The lowest BCUT2D eigenvalue weighted by Crippen LogP contribution is -2.13. The molecule has 0 bridgehead atoms. The van der Waals surface area contributed by atoms with Gasteiger partial charge in [0.15, 0.2) is 0 Å². The van der Waals surface area contributed by atoms with E-state index in [4.69, 9.17) is 4.74 Å². The van der Waals surface area contributed by atoms with Gasteiger partial charge in [-0.05, 0) is 85.9 Å². The number of anilines is 1. The van der Waals surface area contributed by atoms with Crippen molar-refractivity contribution in [1.82, 2.24) is 0 Å². The Morgan fingerprint density at radius 1 is 0.968 bits per heavy atom. The average molecular weight is 411 g/mol. The summed E-state index contributed by atoms with van der Waals surface area (Å²) in [4.78, 5) is 12.4. The largest absolute Gasteiger partial charge is 0.489 e. The van der Waals surface area contributed by atoms with Gasteiger partial charge in [0, 0.05) is 5.69 Å². The molecule has 0 aliphatic heterocycles. The van der Waals surface area contributed by atoms with Crippen LogP contribution in [0.25, 0.3) is 6.08 Å². The van der Waals surface area contributed by atoms with Crippen LogP contribution >= 0.6 is 0 Å². The molecule has 3 rings (SSSR count). The van der Waals surface area contributed by atoms with E-state index in [9.17, 15) is 10.1 Å². The third-order valence-electron chi connectivity index (χ3n) is 5.06. The summed E-state index contributed by atoms with van der Waals surface area (Å²) < 4.78 is 5.95. The van der Waals surface area contributed by atoms with E-state index >= 15 is 0 Å². The summed E-state index contributed by atoms with van der Waals surface area (Å²) in [7, 11) is 0. The van der Waals surface area contributed by atoms with Crippen molar-refractivity contribution in [1.29, 1.82) is 5.26 Å². The van der Waals surface area contributed by atoms with Gasteiger partial charge in [-0.15, -0.1) is 0 Å². The minimum Gasteiger partial charge on any atom is -0.489 e. The smallest absolute Gasteiger partial charge is 0.266 e. The fraction of sp³-hybridized carbons (Fsp3) is 0.185. The van der Waals surface area contributed by atoms with E-state index in [1.54, 1.807) is 12.1 Å². The molecule has 0 aromatic heterocycles. The van der Waals surface area contributed by atoms with E-state index < -0.39 is 5.91 Å². The van der Waals surface area contributed by atoms with E-state index in [-0.39, 0.29) is 5.57 Å². The number of carbonyl (C=O) groups excluding carboxylic acids is 1. The number of nitrogens with zero attached hydrogens (tertiary/aromatic N) is 1. The summed E-state index contributed by atoms with van der Waals surface area (Å²) in [5, 5.41) is 12.2. The SMILES string of the molecule is Cc1cccc(NC(=O)/C(C#N)=C/c2ccc(OCc3c(C)cc(C)cc3C)cc2)c1. The standard InChI is InChI=1S/C27H26N2O2/c1-18-6-5-7-24(14-18)29-27(30)23(16-28)15-22-8-10-25(11-9-22)31-17-26-20(3)12-19(2)13-21(26)4/h5-15H,17H2,1-4H3,(H,29,30)/b23-15+. The first-order valence-corrected chi connectivity index (χ1v) is 10.1. The molecule has 0 saturated carbocycles. The third-order valence-corrected chi connectivity index (χ3v) is 5.06. The number of nitriles is 1. The van der Waals surface area contributed by atoms with Crippen molar-refractivity contribution in [3.8, 4) is 11.8 Å². The maximum atomic E-state index is 12.4. The second-order valence-electron chi connectivity index (χ2n) is 7.73. The lowest BCUT2D eigenvalue weighted by atomic mass is 10.0. The van der Waals surface area contributed by atoms with Gasteiger partial charge in [-0.25, -0.2) is 0 Å². The van der Waals surface area contributed by atoms with Crippen LogP contribution in [0.5, 0.6) is 5.75 Å². The average Bonchev–Trinajstić information content (AvgIpc) is 2.72. The number of nitrogens with one attached hydrogen (secondary N) is 1. The number of ether oxygens (including phenoxy) is 1. The van der Waals surface area contributed by atoms with Gasteiger partial charge < -0.3 is 10.1 Å². The van der Waals surface area contributed by atoms with E-state index in [1.807, 2.05) is 55.5 Å². The van der Waals surface area contributed by atoms with Crippen LogP contribution in [0, 0.1) is 39.0 Å². The first-order chi connectivity index (χ1) is 14.9. The topological polar surface area (TPSA) is 62.1 Å². The van der Waals surface area contributed by atoms with Crippen molar-refractivity contribution >= 4 is 17.7 Å². The van der Waals surface area contributed by atoms with Crippen LogP contribution in [-0.2, 0) is 11.4 Å². The Balaban J connectivity index is 1.68. The molecule has 31 heavy (non-hydrogen) atoms. The molecule has 3 aromatic rings. The first-order valence-electron chi connectivity index (χ1n) is 10.1. The molecule has 156 valence electrons. The van der Waals surface area contributed by atoms with E-state index in [0.29, 0.717) is 12.3 Å². The molecule has 0 saturated heterocycles. The molecule has 4 nitrogen and oxygen atoms in total. The molecule has 0 spiro atoms.